The Bertz CT molecular complexity index is 2960. The smallest absolute Gasteiger partial charge is 0.326 e. The Kier molecular flexibility index (Phi) is 24.4. The molecule has 0 saturated carbocycles. The molecule has 1 aromatic carbocycles. The minimum atomic E-state index is -1.99. The van der Waals surface area contributed by atoms with E-state index in [0.717, 1.165) is 15.8 Å². The second kappa shape index (κ2) is 31.0. The van der Waals surface area contributed by atoms with Gasteiger partial charge in [-0.3, -0.25) is 52.7 Å². The number of thiol groups is 2. The molecular formula is C49H67N17O15S2. The lowest BCUT2D eigenvalue weighted by molar-refractivity contribution is -0.144. The van der Waals surface area contributed by atoms with Crippen molar-refractivity contribution in [2.45, 2.75) is 118 Å². The summed E-state index contributed by atoms with van der Waals surface area (Å²) < 4.78 is 0. The summed E-state index contributed by atoms with van der Waals surface area (Å²) >= 11 is 8.32. The average Bonchev–Trinajstić information content (AvgIpc) is 4.36. The highest BCUT2D eigenvalue weighted by atomic mass is 32.1. The first kappa shape index (κ1) is 65.2. The van der Waals surface area contributed by atoms with Crippen LogP contribution in [0.2, 0.25) is 0 Å². The SMILES string of the molecule is C[C@@H](O)[C@H](NC(=O)[C@H](CS)NC(=O)[C@@H](N)Cc1c[nH]cn1)C(=O)N1CCC[C@H]1C(=O)N[C@@H](CC(N)=O)C(=O)N[C@@H](CO)C(=O)N[C@@H](CC(N)=O)C(=O)N[C@@H](Cc1c[nH]cn1)C(=O)N[C@@H](CS)C(=O)N[C@@H](Cc1c[nH]c2ccccc12)C(=O)O. The molecule has 32 nitrogen and oxygen atoms in total. The molecule has 0 unspecified atom stereocenters. The maximum Gasteiger partial charge on any atom is 0.326 e. The summed E-state index contributed by atoms with van der Waals surface area (Å²) in [4.78, 5) is 177. The van der Waals surface area contributed by atoms with Crippen molar-refractivity contribution in [2.24, 2.45) is 17.2 Å². The Morgan fingerprint density at radius 2 is 1.14 bits per heavy atom. The fraction of sp³-hybridized carbons (Fsp3) is 0.469. The van der Waals surface area contributed by atoms with Crippen LogP contribution in [0.3, 0.4) is 0 Å². The number of hydrogen-bond donors (Lipinski definition) is 19. The molecule has 11 atom stereocenters. The summed E-state index contributed by atoms with van der Waals surface area (Å²) in [6.07, 6.45) is 3.43. The van der Waals surface area contributed by atoms with Crippen molar-refractivity contribution in [3.63, 3.8) is 0 Å². The van der Waals surface area contributed by atoms with Crippen LogP contribution in [0.1, 0.15) is 49.6 Å². The molecule has 1 saturated heterocycles. The number of nitrogens with zero attached hydrogens (tertiary/aromatic N) is 3. The molecule has 0 spiro atoms. The number of aliphatic hydroxyl groups is 2. The van der Waals surface area contributed by atoms with Crippen LogP contribution in [-0.2, 0) is 76.8 Å². The third-order valence-corrected chi connectivity index (χ3v) is 13.8. The van der Waals surface area contributed by atoms with Gasteiger partial charge in [0, 0.05) is 66.8 Å². The Morgan fingerprint density at radius 1 is 0.651 bits per heavy atom. The zero-order valence-electron chi connectivity index (χ0n) is 44.5. The number of aliphatic hydroxyl groups excluding tert-OH is 2. The van der Waals surface area contributed by atoms with Gasteiger partial charge >= 0.3 is 5.97 Å². The third kappa shape index (κ3) is 18.7. The van der Waals surface area contributed by atoms with E-state index in [9.17, 15) is 72.9 Å². The number of nitrogens with two attached hydrogens (primary N) is 3. The van der Waals surface area contributed by atoms with Crippen molar-refractivity contribution in [3.05, 3.63) is 72.5 Å². The van der Waals surface area contributed by atoms with Crippen molar-refractivity contribution in [1.29, 1.82) is 0 Å². The van der Waals surface area contributed by atoms with Crippen LogP contribution in [0.15, 0.2) is 55.5 Å². The highest BCUT2D eigenvalue weighted by molar-refractivity contribution is 7.80. The Balaban J connectivity index is 1.23. The van der Waals surface area contributed by atoms with E-state index in [4.69, 9.17) is 17.2 Å². The Hall–Kier alpha value is -8.60. The second-order valence-electron chi connectivity index (χ2n) is 19.3. The van der Waals surface area contributed by atoms with Gasteiger partial charge in [0.25, 0.3) is 0 Å². The van der Waals surface area contributed by atoms with Crippen LogP contribution in [0.25, 0.3) is 10.9 Å². The van der Waals surface area contributed by atoms with Crippen LogP contribution >= 0.6 is 25.3 Å². The summed E-state index contributed by atoms with van der Waals surface area (Å²) in [7, 11) is 0. The molecule has 1 aliphatic rings. The van der Waals surface area contributed by atoms with Gasteiger partial charge in [0.15, 0.2) is 0 Å². The molecule has 1 aliphatic heterocycles. The van der Waals surface area contributed by atoms with Gasteiger partial charge in [0.05, 0.1) is 55.6 Å². The molecular weight excluding hydrogens is 1130 g/mol. The number of para-hydroxylation sites is 1. The van der Waals surface area contributed by atoms with Gasteiger partial charge < -0.3 is 94.9 Å². The molecule has 0 bridgehead atoms. The summed E-state index contributed by atoms with van der Waals surface area (Å²) in [5, 5.41) is 50.3. The van der Waals surface area contributed by atoms with Gasteiger partial charge in [0.2, 0.25) is 65.0 Å². The summed E-state index contributed by atoms with van der Waals surface area (Å²) in [6.45, 7) is -0.104. The second-order valence-corrected chi connectivity index (χ2v) is 20.0. The Labute approximate surface area is 483 Å². The van der Waals surface area contributed by atoms with Crippen molar-refractivity contribution in [3.8, 4) is 0 Å². The van der Waals surface area contributed by atoms with E-state index < -0.39 is 157 Å². The number of benzene rings is 1. The van der Waals surface area contributed by atoms with Gasteiger partial charge in [0.1, 0.15) is 54.4 Å². The standard InChI is InChI=1S/C49H67N17O15S2/c1-22(68)39(65-46(77)35(19-83)63-40(71)27(50)10-24-15-53-20-56-24)48(79)66-8-4-7-36(66)47(78)60-31(13-38(52)70)43(74)62-33(17-67)44(75)59-30(12-37(51)69)42(73)58-29(11-25-16-54-21-57-25)41(72)64-34(18-82)45(76)61-32(49(80)81)9-23-14-55-28-6-3-2-5-26(23)28/h2-3,5-6,14-16,20-22,27,29-36,39,55,67-68,82-83H,4,7-13,17-19,50H2,1H3,(H2,51,69)(H2,52,70)(H,53,56)(H,54,57)(H,58,73)(H,59,75)(H,60,78)(H,61,76)(H,62,74)(H,63,71)(H,64,72)(H,65,77)(H,80,81)/t22-,27+,29+,30+,31+,32+,33+,34+,35+,36+,39+/m1/s1. The van der Waals surface area contributed by atoms with Crippen LogP contribution in [0.5, 0.6) is 0 Å². The molecule has 0 aliphatic carbocycles. The molecule has 5 rings (SSSR count). The van der Waals surface area contributed by atoms with Gasteiger partial charge in [-0.15, -0.1) is 0 Å². The van der Waals surface area contributed by atoms with Crippen molar-refractivity contribution in [1.82, 2.24) is 72.4 Å². The first-order valence-corrected chi connectivity index (χ1v) is 27.0. The van der Waals surface area contributed by atoms with Gasteiger partial charge in [-0.05, 0) is 31.4 Å². The number of carboxylic acids is 1. The number of carbonyl (C=O) groups is 12. The Morgan fingerprint density at radius 3 is 1.70 bits per heavy atom. The number of aromatic amines is 3. The number of likely N-dealkylation sites (tertiary alicyclic amines) is 1. The number of amides is 11. The van der Waals surface area contributed by atoms with Crippen LogP contribution < -0.4 is 59.7 Å². The number of imidazole rings is 2. The van der Waals surface area contributed by atoms with E-state index in [0.29, 0.717) is 11.3 Å². The predicted octanol–water partition coefficient (Wildman–Crippen LogP) is -7.09. The third-order valence-electron chi connectivity index (χ3n) is 13.0. The average molecular weight is 1200 g/mol. The van der Waals surface area contributed by atoms with Crippen molar-refractivity contribution < 1.29 is 72.9 Å². The number of carboxylic acid groups (broad SMARTS) is 1. The normalized spacial score (nSPS) is 16.7. The molecule has 34 heteroatoms. The molecule has 11 amide bonds. The summed E-state index contributed by atoms with van der Waals surface area (Å²) in [5.74, 6) is -13.8. The van der Waals surface area contributed by atoms with Gasteiger partial charge in [-0.1, -0.05) is 18.2 Å². The number of primary amides is 2. The number of aliphatic carboxylic acids is 1. The van der Waals surface area contributed by atoms with Gasteiger partial charge in [-0.25, -0.2) is 14.8 Å². The monoisotopic (exact) mass is 1200 g/mol. The molecule has 3 aromatic heterocycles. The highest BCUT2D eigenvalue weighted by Gasteiger charge is 2.42. The number of fused-ring (bicyclic) bond motifs is 1. The number of aromatic nitrogens is 5. The van der Waals surface area contributed by atoms with Crippen LogP contribution in [0, 0.1) is 0 Å². The molecule has 4 heterocycles. The predicted molar refractivity (Wildman–Crippen MR) is 296 cm³/mol. The van der Waals surface area contributed by atoms with E-state index in [1.165, 1.54) is 32.0 Å². The molecule has 450 valence electrons. The van der Waals surface area contributed by atoms with Gasteiger partial charge in [-0.2, -0.15) is 25.3 Å². The number of carbonyl (C=O) groups excluding carboxylic acids is 11. The van der Waals surface area contributed by atoms with Crippen molar-refractivity contribution in [2.75, 3.05) is 24.7 Å². The van der Waals surface area contributed by atoms with E-state index in [1.54, 1.807) is 30.5 Å². The molecule has 0 radical (unpaired) electrons. The fourth-order valence-corrected chi connectivity index (χ4v) is 9.21. The molecule has 1 fully saturated rings. The topological polar surface area (TPSA) is 516 Å². The number of rotatable bonds is 32. The number of hydrogen-bond acceptors (Lipinski definition) is 19. The zero-order chi connectivity index (χ0) is 61.1. The van der Waals surface area contributed by atoms with E-state index in [1.807, 2.05) is 0 Å². The summed E-state index contributed by atoms with van der Waals surface area (Å²) in [6, 6.07) is -8.82. The number of H-pyrrole nitrogens is 3. The first-order valence-electron chi connectivity index (χ1n) is 25.7. The van der Waals surface area contributed by atoms with E-state index >= 15 is 0 Å². The largest absolute Gasteiger partial charge is 0.480 e. The highest BCUT2D eigenvalue weighted by Crippen LogP contribution is 2.21. The van der Waals surface area contributed by atoms with Crippen molar-refractivity contribution >= 4 is 107 Å². The minimum absolute atomic E-state index is 0.0171. The lowest BCUT2D eigenvalue weighted by Gasteiger charge is -2.31. The first-order chi connectivity index (χ1) is 39.4. The molecule has 20 N–H and O–H groups in total. The van der Waals surface area contributed by atoms with Crippen LogP contribution in [0.4, 0.5) is 0 Å². The van der Waals surface area contributed by atoms with E-state index in [-0.39, 0.29) is 55.8 Å². The number of nitrogens with one attached hydrogen (secondary N) is 11. The summed E-state index contributed by atoms with van der Waals surface area (Å²) in [5.41, 5.74) is 18.8. The molecule has 83 heavy (non-hydrogen) atoms. The maximum atomic E-state index is 14.0. The fourth-order valence-electron chi connectivity index (χ4n) is 8.70. The van der Waals surface area contributed by atoms with Crippen LogP contribution in [-0.4, -0.2) is 207 Å². The molecule has 4 aromatic rings. The maximum absolute atomic E-state index is 14.0. The lowest BCUT2D eigenvalue weighted by atomic mass is 10.0. The zero-order valence-corrected chi connectivity index (χ0v) is 46.3. The van der Waals surface area contributed by atoms with E-state index in [2.05, 4.69) is 92.7 Å². The minimum Gasteiger partial charge on any atom is -0.480 e. The lowest BCUT2D eigenvalue weighted by Crippen LogP contribution is -2.62. The quantitative estimate of drug-likeness (QED) is 0.0202.